The monoisotopic (exact) mass is 461 g/mol. The van der Waals surface area contributed by atoms with Gasteiger partial charge in [0, 0.05) is 18.2 Å². The molecule has 0 atom stereocenters. The number of nitrogens with zero attached hydrogens (tertiary/aromatic N) is 2. The van der Waals surface area contributed by atoms with E-state index in [-0.39, 0.29) is 12.5 Å². The first-order valence-corrected chi connectivity index (χ1v) is 10.6. The molecule has 0 aliphatic carbocycles. The quantitative estimate of drug-likeness (QED) is 0.361. The van der Waals surface area contributed by atoms with Gasteiger partial charge in [-0.05, 0) is 54.5 Å². The van der Waals surface area contributed by atoms with Crippen molar-refractivity contribution in [2.75, 3.05) is 26.1 Å². The summed E-state index contributed by atoms with van der Waals surface area (Å²) in [6, 6.07) is 16.4. The number of aryl methyl sites for hydroxylation is 1. The third-order valence-electron chi connectivity index (χ3n) is 4.77. The third-order valence-corrected chi connectivity index (χ3v) is 4.77. The van der Waals surface area contributed by atoms with E-state index in [0.717, 1.165) is 28.3 Å². The minimum absolute atomic E-state index is 0.109. The fourth-order valence-electron chi connectivity index (χ4n) is 3.03. The van der Waals surface area contributed by atoms with Gasteiger partial charge in [-0.2, -0.15) is 5.10 Å². The molecule has 176 valence electrons. The molecule has 0 spiro atoms. The lowest BCUT2D eigenvalue weighted by atomic mass is 10.2. The molecule has 0 fully saturated rings. The van der Waals surface area contributed by atoms with Gasteiger partial charge in [0.25, 0.3) is 0 Å². The molecule has 0 saturated heterocycles. The Morgan fingerprint density at radius 2 is 1.47 bits per heavy atom. The molecule has 0 radical (unpaired) electrons. The fourth-order valence-corrected chi connectivity index (χ4v) is 3.03. The molecule has 8 heteroatoms. The minimum Gasteiger partial charge on any atom is -0.497 e. The van der Waals surface area contributed by atoms with Crippen LogP contribution in [0.25, 0.3) is 12.2 Å². The van der Waals surface area contributed by atoms with Crippen molar-refractivity contribution in [2.24, 2.45) is 0 Å². The average molecular weight is 462 g/mol. The van der Waals surface area contributed by atoms with Gasteiger partial charge in [0.05, 0.1) is 26.5 Å². The van der Waals surface area contributed by atoms with Gasteiger partial charge in [-0.15, -0.1) is 0 Å². The van der Waals surface area contributed by atoms with Gasteiger partial charge in [-0.25, -0.2) is 9.48 Å². The summed E-state index contributed by atoms with van der Waals surface area (Å²) in [6.07, 6.45) is 6.18. The number of hydrogen-bond donors (Lipinski definition) is 1. The van der Waals surface area contributed by atoms with E-state index in [2.05, 4.69) is 10.4 Å². The standard InChI is InChI=1S/C26H27N3O5/c1-19-18-24(27-25(30)14-8-20-4-10-22(32-2)11-5-20)29(28-19)16-17-34-26(31)15-9-21-6-12-23(33-3)13-7-21/h4-15,18H,16-17H2,1-3H3,(H,27,30). The predicted octanol–water partition coefficient (Wildman–Crippen LogP) is 4.12. The van der Waals surface area contributed by atoms with Crippen molar-refractivity contribution < 1.29 is 23.8 Å². The van der Waals surface area contributed by atoms with Crippen LogP contribution in [0.5, 0.6) is 11.5 Å². The van der Waals surface area contributed by atoms with Crippen molar-refractivity contribution in [1.29, 1.82) is 0 Å². The van der Waals surface area contributed by atoms with E-state index in [1.807, 2.05) is 55.5 Å². The molecule has 3 rings (SSSR count). The van der Waals surface area contributed by atoms with Gasteiger partial charge in [0.1, 0.15) is 23.9 Å². The van der Waals surface area contributed by atoms with Crippen LogP contribution in [0.15, 0.2) is 66.7 Å². The van der Waals surface area contributed by atoms with Gasteiger partial charge >= 0.3 is 5.97 Å². The fraction of sp³-hybridized carbons (Fsp3) is 0.192. The number of aromatic nitrogens is 2. The Labute approximate surface area is 198 Å². The lowest BCUT2D eigenvalue weighted by Gasteiger charge is -2.08. The highest BCUT2D eigenvalue weighted by atomic mass is 16.5. The Morgan fingerprint density at radius 1 is 0.912 bits per heavy atom. The Bertz CT molecular complexity index is 1160. The number of anilines is 1. The summed E-state index contributed by atoms with van der Waals surface area (Å²) in [4.78, 5) is 24.4. The molecule has 1 heterocycles. The van der Waals surface area contributed by atoms with E-state index in [1.165, 1.54) is 12.2 Å². The van der Waals surface area contributed by atoms with Crippen LogP contribution in [0.2, 0.25) is 0 Å². The maximum atomic E-state index is 12.3. The predicted molar refractivity (Wildman–Crippen MR) is 131 cm³/mol. The van der Waals surface area contributed by atoms with Gasteiger partial charge in [0.2, 0.25) is 5.91 Å². The van der Waals surface area contributed by atoms with Crippen LogP contribution >= 0.6 is 0 Å². The van der Waals surface area contributed by atoms with Crippen molar-refractivity contribution in [3.63, 3.8) is 0 Å². The first kappa shape index (κ1) is 24.3. The second kappa shape index (κ2) is 12.1. The molecule has 1 aromatic heterocycles. The van der Waals surface area contributed by atoms with Gasteiger partial charge < -0.3 is 19.5 Å². The first-order chi connectivity index (χ1) is 16.5. The van der Waals surface area contributed by atoms with Crippen LogP contribution in [0.4, 0.5) is 5.82 Å². The largest absolute Gasteiger partial charge is 0.497 e. The number of rotatable bonds is 10. The number of hydrogen-bond acceptors (Lipinski definition) is 6. The number of ether oxygens (including phenoxy) is 3. The lowest BCUT2D eigenvalue weighted by molar-refractivity contribution is -0.138. The van der Waals surface area contributed by atoms with Crippen LogP contribution in [-0.4, -0.2) is 42.5 Å². The zero-order chi connectivity index (χ0) is 24.3. The number of benzene rings is 2. The summed E-state index contributed by atoms with van der Waals surface area (Å²) in [7, 11) is 3.20. The zero-order valence-corrected chi connectivity index (χ0v) is 19.4. The van der Waals surface area contributed by atoms with Crippen molar-refractivity contribution in [3.05, 3.63) is 83.6 Å². The highest BCUT2D eigenvalue weighted by molar-refractivity contribution is 6.01. The van der Waals surface area contributed by atoms with E-state index in [9.17, 15) is 9.59 Å². The van der Waals surface area contributed by atoms with Crippen LogP contribution in [0.1, 0.15) is 16.8 Å². The normalized spacial score (nSPS) is 11.0. The summed E-state index contributed by atoms with van der Waals surface area (Å²) in [5.74, 6) is 1.25. The molecule has 34 heavy (non-hydrogen) atoms. The molecule has 0 unspecified atom stereocenters. The zero-order valence-electron chi connectivity index (χ0n) is 19.4. The molecule has 0 bridgehead atoms. The number of carbonyl (C=O) groups excluding carboxylic acids is 2. The van der Waals surface area contributed by atoms with E-state index < -0.39 is 5.97 Å². The Hall–Kier alpha value is -4.33. The van der Waals surface area contributed by atoms with Crippen molar-refractivity contribution in [2.45, 2.75) is 13.5 Å². The third kappa shape index (κ3) is 7.37. The van der Waals surface area contributed by atoms with Gasteiger partial charge in [-0.1, -0.05) is 24.3 Å². The van der Waals surface area contributed by atoms with Crippen LogP contribution in [0, 0.1) is 6.92 Å². The maximum Gasteiger partial charge on any atom is 0.330 e. The second-order valence-corrected chi connectivity index (χ2v) is 7.26. The molecular formula is C26H27N3O5. The van der Waals surface area contributed by atoms with E-state index in [1.54, 1.807) is 37.1 Å². The first-order valence-electron chi connectivity index (χ1n) is 10.6. The molecule has 8 nitrogen and oxygen atoms in total. The summed E-state index contributed by atoms with van der Waals surface area (Å²) >= 11 is 0. The van der Waals surface area contributed by atoms with Crippen LogP contribution in [-0.2, 0) is 20.9 Å². The molecule has 0 aliphatic rings. The van der Waals surface area contributed by atoms with E-state index >= 15 is 0 Å². The van der Waals surface area contributed by atoms with E-state index in [4.69, 9.17) is 14.2 Å². The Kier molecular flexibility index (Phi) is 8.62. The van der Waals surface area contributed by atoms with Gasteiger partial charge in [0.15, 0.2) is 0 Å². The van der Waals surface area contributed by atoms with E-state index in [0.29, 0.717) is 12.4 Å². The van der Waals surface area contributed by atoms with Gasteiger partial charge in [-0.3, -0.25) is 4.79 Å². The van der Waals surface area contributed by atoms with Crippen LogP contribution in [0.3, 0.4) is 0 Å². The molecular weight excluding hydrogens is 434 g/mol. The highest BCUT2D eigenvalue weighted by Crippen LogP contribution is 2.14. The second-order valence-electron chi connectivity index (χ2n) is 7.26. The topological polar surface area (TPSA) is 91.7 Å². The number of carbonyl (C=O) groups is 2. The summed E-state index contributed by atoms with van der Waals surface area (Å²) in [6.45, 7) is 2.23. The average Bonchev–Trinajstić information content (AvgIpc) is 3.20. The Morgan fingerprint density at radius 3 is 2.03 bits per heavy atom. The number of methoxy groups -OCH3 is 2. The number of amides is 1. The summed E-state index contributed by atoms with van der Waals surface area (Å²) in [5.41, 5.74) is 2.46. The molecule has 1 N–H and O–H groups in total. The SMILES string of the molecule is COc1ccc(C=CC(=O)Nc2cc(C)nn2CCOC(=O)C=Cc2ccc(OC)cc2)cc1. The maximum absolute atomic E-state index is 12.3. The lowest BCUT2D eigenvalue weighted by Crippen LogP contribution is -2.16. The van der Waals surface area contributed by atoms with Crippen molar-refractivity contribution in [3.8, 4) is 11.5 Å². The van der Waals surface area contributed by atoms with Crippen molar-refractivity contribution >= 4 is 29.8 Å². The molecule has 1 amide bonds. The van der Waals surface area contributed by atoms with Crippen LogP contribution < -0.4 is 14.8 Å². The Balaban J connectivity index is 1.50. The number of nitrogens with one attached hydrogen (secondary N) is 1. The molecule has 3 aromatic rings. The summed E-state index contributed by atoms with van der Waals surface area (Å²) in [5, 5.41) is 7.15. The highest BCUT2D eigenvalue weighted by Gasteiger charge is 2.08. The molecule has 0 aliphatic heterocycles. The minimum atomic E-state index is -0.465. The summed E-state index contributed by atoms with van der Waals surface area (Å²) < 4.78 is 17.1. The molecule has 2 aromatic carbocycles. The smallest absolute Gasteiger partial charge is 0.330 e. The number of esters is 1. The van der Waals surface area contributed by atoms with Crippen molar-refractivity contribution in [1.82, 2.24) is 9.78 Å². The molecule has 0 saturated carbocycles.